The first kappa shape index (κ1) is 15.8. The van der Waals surface area contributed by atoms with Gasteiger partial charge in [0.25, 0.3) is 0 Å². The van der Waals surface area contributed by atoms with Crippen molar-refractivity contribution in [2.75, 3.05) is 13.2 Å². The van der Waals surface area contributed by atoms with Crippen molar-refractivity contribution in [2.24, 2.45) is 0 Å². The van der Waals surface area contributed by atoms with Crippen LogP contribution in [0, 0.1) is 0 Å². The van der Waals surface area contributed by atoms with Gasteiger partial charge in [-0.05, 0) is 26.3 Å². The van der Waals surface area contributed by atoms with Crippen molar-refractivity contribution < 1.29 is 8.85 Å². The van der Waals surface area contributed by atoms with Crippen LogP contribution in [-0.4, -0.2) is 26.6 Å². The summed E-state index contributed by atoms with van der Waals surface area (Å²) in [4.78, 5) is 0.431. The molecule has 0 aromatic carbocycles. The number of rotatable bonds is 9. The molecule has 0 fully saturated rings. The Balaban J connectivity index is 4.71. The van der Waals surface area contributed by atoms with Crippen LogP contribution >= 0.6 is 22.5 Å². The Labute approximate surface area is 105 Å². The predicted molar refractivity (Wildman–Crippen MR) is 74.8 cm³/mol. The van der Waals surface area contributed by atoms with Crippen LogP contribution in [0.1, 0.15) is 40.5 Å². The van der Waals surface area contributed by atoms with Gasteiger partial charge in [-0.3, -0.25) is 0 Å². The summed E-state index contributed by atoms with van der Waals surface area (Å²) in [6, 6.07) is 1.07. The fraction of sp³-hybridized carbons (Fsp3) is 1.00. The van der Waals surface area contributed by atoms with Gasteiger partial charge in [0.15, 0.2) is 0 Å². The molecular formula is C10H24O2S2Si. The fourth-order valence-electron chi connectivity index (χ4n) is 1.84. The maximum Gasteiger partial charge on any atom is 0.352 e. The number of hydrogen-bond acceptors (Lipinski definition) is 4. The summed E-state index contributed by atoms with van der Waals surface area (Å²) in [5.74, 6) is 0. The van der Waals surface area contributed by atoms with E-state index in [9.17, 15) is 0 Å². The zero-order valence-electron chi connectivity index (χ0n) is 10.3. The predicted octanol–water partition coefficient (Wildman–Crippen LogP) is 3.81. The SMILES string of the molecule is CCC[Si](OCC)(OCC)C(CC)SS. The molecule has 0 saturated carbocycles. The Morgan fingerprint density at radius 1 is 1.13 bits per heavy atom. The third-order valence-electron chi connectivity index (χ3n) is 2.36. The average Bonchev–Trinajstić information content (AvgIpc) is 2.20. The van der Waals surface area contributed by atoms with Crippen molar-refractivity contribution in [3.8, 4) is 0 Å². The molecule has 92 valence electrons. The largest absolute Gasteiger partial charge is 0.394 e. The van der Waals surface area contributed by atoms with Gasteiger partial charge in [-0.25, -0.2) is 0 Å². The van der Waals surface area contributed by atoms with Crippen LogP contribution in [-0.2, 0) is 8.85 Å². The summed E-state index contributed by atoms with van der Waals surface area (Å²) in [7, 11) is -0.436. The Morgan fingerprint density at radius 2 is 1.67 bits per heavy atom. The van der Waals surface area contributed by atoms with Gasteiger partial charge in [-0.15, -0.1) is 11.7 Å². The van der Waals surface area contributed by atoms with Crippen molar-refractivity contribution in [1.29, 1.82) is 0 Å². The van der Waals surface area contributed by atoms with Crippen LogP contribution in [0.25, 0.3) is 0 Å². The molecule has 0 bridgehead atoms. The lowest BCUT2D eigenvalue weighted by atomic mass is 10.6. The molecule has 0 spiro atoms. The molecule has 0 heterocycles. The van der Waals surface area contributed by atoms with Crippen LogP contribution in [0.4, 0.5) is 0 Å². The van der Waals surface area contributed by atoms with E-state index in [1.54, 1.807) is 10.8 Å². The molecule has 2 nitrogen and oxygen atoms in total. The summed E-state index contributed by atoms with van der Waals surface area (Å²) < 4.78 is 12.0. The van der Waals surface area contributed by atoms with Crippen LogP contribution < -0.4 is 0 Å². The van der Waals surface area contributed by atoms with E-state index in [0.717, 1.165) is 32.1 Å². The lowest BCUT2D eigenvalue weighted by Crippen LogP contribution is -2.51. The molecule has 0 aliphatic carbocycles. The highest BCUT2D eigenvalue weighted by atomic mass is 33.1. The van der Waals surface area contributed by atoms with Crippen molar-refractivity contribution in [3.63, 3.8) is 0 Å². The van der Waals surface area contributed by atoms with Crippen LogP contribution in [0.2, 0.25) is 6.04 Å². The highest BCUT2D eigenvalue weighted by molar-refractivity contribution is 8.69. The summed E-state index contributed by atoms with van der Waals surface area (Å²) in [6.45, 7) is 9.96. The highest BCUT2D eigenvalue weighted by Crippen LogP contribution is 2.33. The fourth-order valence-corrected chi connectivity index (χ4v) is 8.64. The summed E-state index contributed by atoms with van der Waals surface area (Å²) in [5.41, 5.74) is 0. The van der Waals surface area contributed by atoms with Crippen LogP contribution in [0.15, 0.2) is 0 Å². The first-order valence-corrected chi connectivity index (χ1v) is 9.82. The number of thiol groups is 1. The molecule has 1 atom stereocenters. The molecular weight excluding hydrogens is 244 g/mol. The zero-order chi connectivity index (χ0) is 11.7. The van der Waals surface area contributed by atoms with E-state index >= 15 is 0 Å². The third kappa shape index (κ3) is 4.69. The summed E-state index contributed by atoms with van der Waals surface area (Å²) in [5, 5.41) is 0. The molecule has 0 aromatic rings. The molecule has 0 N–H and O–H groups in total. The van der Waals surface area contributed by atoms with Crippen molar-refractivity contribution >= 4 is 31.0 Å². The minimum absolute atomic E-state index is 0.431. The third-order valence-corrected chi connectivity index (χ3v) is 9.88. The monoisotopic (exact) mass is 268 g/mol. The molecule has 5 heteroatoms. The molecule has 0 aromatic heterocycles. The minimum atomic E-state index is -2.04. The Hall–Kier alpha value is 0.837. The molecule has 15 heavy (non-hydrogen) atoms. The van der Waals surface area contributed by atoms with E-state index < -0.39 is 8.56 Å². The minimum Gasteiger partial charge on any atom is -0.394 e. The Morgan fingerprint density at radius 3 is 1.93 bits per heavy atom. The van der Waals surface area contributed by atoms with Crippen LogP contribution in [0.3, 0.4) is 0 Å². The maximum atomic E-state index is 6.00. The molecule has 0 aliphatic heterocycles. The van der Waals surface area contributed by atoms with Crippen molar-refractivity contribution in [3.05, 3.63) is 0 Å². The van der Waals surface area contributed by atoms with E-state index in [4.69, 9.17) is 8.85 Å². The van der Waals surface area contributed by atoms with E-state index in [0.29, 0.717) is 4.87 Å². The van der Waals surface area contributed by atoms with Gasteiger partial charge in [0.05, 0.1) is 4.87 Å². The Kier molecular flexibility index (Phi) is 9.43. The van der Waals surface area contributed by atoms with E-state index in [2.05, 4.69) is 25.5 Å². The molecule has 0 rings (SSSR count). The normalized spacial score (nSPS) is 14.2. The number of hydrogen-bond donors (Lipinski definition) is 1. The lowest BCUT2D eigenvalue weighted by molar-refractivity contribution is 0.180. The van der Waals surface area contributed by atoms with Crippen LogP contribution in [0.5, 0.6) is 0 Å². The first-order valence-electron chi connectivity index (χ1n) is 5.78. The maximum absolute atomic E-state index is 6.00. The van der Waals surface area contributed by atoms with E-state index in [1.165, 1.54) is 0 Å². The van der Waals surface area contributed by atoms with Gasteiger partial charge in [-0.2, -0.15) is 0 Å². The zero-order valence-corrected chi connectivity index (χ0v) is 13.0. The molecule has 0 saturated heterocycles. The standard InChI is InChI=1S/C10H24O2S2Si/c1-5-9-15(11-7-3,12-8-4)10(6-2)14-13/h10,13H,5-9H2,1-4H3. The molecule has 0 aliphatic rings. The van der Waals surface area contributed by atoms with E-state index in [1.807, 2.05) is 13.8 Å². The average molecular weight is 269 g/mol. The molecule has 1 unspecified atom stereocenters. The first-order chi connectivity index (χ1) is 7.20. The van der Waals surface area contributed by atoms with E-state index in [-0.39, 0.29) is 0 Å². The Bertz CT molecular complexity index is 137. The smallest absolute Gasteiger partial charge is 0.352 e. The second-order valence-corrected chi connectivity index (χ2v) is 8.66. The molecule has 0 radical (unpaired) electrons. The van der Waals surface area contributed by atoms with Gasteiger partial charge >= 0.3 is 8.56 Å². The lowest BCUT2D eigenvalue weighted by Gasteiger charge is -2.35. The second-order valence-electron chi connectivity index (χ2n) is 3.43. The highest BCUT2D eigenvalue weighted by Gasteiger charge is 2.44. The van der Waals surface area contributed by atoms with Crippen molar-refractivity contribution in [1.82, 2.24) is 0 Å². The van der Waals surface area contributed by atoms with Gasteiger partial charge in [-0.1, -0.05) is 31.1 Å². The quantitative estimate of drug-likeness (QED) is 0.390. The summed E-state index contributed by atoms with van der Waals surface area (Å²) in [6.07, 6.45) is 2.19. The second kappa shape index (κ2) is 8.93. The van der Waals surface area contributed by atoms with Crippen molar-refractivity contribution in [2.45, 2.75) is 51.5 Å². The van der Waals surface area contributed by atoms with Gasteiger partial charge in [0, 0.05) is 13.2 Å². The van der Waals surface area contributed by atoms with Gasteiger partial charge in [0.1, 0.15) is 0 Å². The topological polar surface area (TPSA) is 18.5 Å². The van der Waals surface area contributed by atoms with Gasteiger partial charge < -0.3 is 8.85 Å². The van der Waals surface area contributed by atoms with Gasteiger partial charge in [0.2, 0.25) is 0 Å². The summed E-state index contributed by atoms with van der Waals surface area (Å²) >= 11 is 4.36. The molecule has 0 amide bonds.